The van der Waals surface area contributed by atoms with Gasteiger partial charge in [0.1, 0.15) is 12.6 Å². The molecule has 1 aromatic rings. The van der Waals surface area contributed by atoms with Gasteiger partial charge < -0.3 is 14.2 Å². The Morgan fingerprint density at radius 2 is 1.22 bits per heavy atom. The predicted molar refractivity (Wildman–Crippen MR) is 150 cm³/mol. The average molecular weight is 505 g/mol. The molecule has 0 N–H and O–H groups in total. The number of unbranched alkanes of at least 4 members (excludes halogenated alkanes) is 17. The molecule has 2 atom stereocenters. The maximum absolute atomic E-state index is 6.02. The Morgan fingerprint density at radius 1 is 0.667 bits per heavy atom. The van der Waals surface area contributed by atoms with E-state index < -0.39 is 0 Å². The molecule has 0 bridgehead atoms. The van der Waals surface area contributed by atoms with E-state index in [1.165, 1.54) is 116 Å². The van der Waals surface area contributed by atoms with Crippen molar-refractivity contribution in [2.45, 2.75) is 154 Å². The van der Waals surface area contributed by atoms with E-state index in [9.17, 15) is 0 Å². The molecule has 4 heteroatoms. The van der Waals surface area contributed by atoms with Crippen LogP contribution in [-0.2, 0) is 20.8 Å². The summed E-state index contributed by atoms with van der Waals surface area (Å²) in [5, 5.41) is 0. The highest BCUT2D eigenvalue weighted by Gasteiger charge is 2.25. The van der Waals surface area contributed by atoms with Crippen LogP contribution in [0, 0.1) is 0 Å². The van der Waals surface area contributed by atoms with Gasteiger partial charge in [0.05, 0.1) is 13.2 Å². The van der Waals surface area contributed by atoms with Crippen LogP contribution in [0.1, 0.15) is 135 Å². The van der Waals surface area contributed by atoms with Crippen molar-refractivity contribution >= 4 is 0 Å². The van der Waals surface area contributed by atoms with E-state index in [0.717, 1.165) is 26.0 Å². The zero-order valence-electron chi connectivity index (χ0n) is 23.7. The monoisotopic (exact) mass is 504 g/mol. The van der Waals surface area contributed by atoms with Crippen molar-refractivity contribution in [2.75, 3.05) is 19.8 Å². The normalized spacial score (nSPS) is 17.7. The minimum Gasteiger partial charge on any atom is -0.379 e. The molecule has 0 saturated carbocycles. The van der Waals surface area contributed by atoms with Gasteiger partial charge in [-0.05, 0) is 25.7 Å². The molecule has 36 heavy (non-hydrogen) atoms. The zero-order valence-corrected chi connectivity index (χ0v) is 23.7. The topological polar surface area (TPSA) is 31.6 Å². The van der Waals surface area contributed by atoms with Crippen LogP contribution in [-0.4, -0.2) is 32.2 Å². The summed E-state index contributed by atoms with van der Waals surface area (Å²) in [6.07, 6.45) is 31.4. The van der Waals surface area contributed by atoms with Crippen LogP contribution in [0.5, 0.6) is 0 Å². The van der Waals surface area contributed by atoms with Gasteiger partial charge in [0.15, 0.2) is 18.7 Å². The molecule has 0 amide bonds. The number of pyridine rings is 1. The van der Waals surface area contributed by atoms with Crippen LogP contribution < -0.4 is 4.57 Å². The SMILES string of the molecule is CCCCCCCCCCCCCCCCC[C@@H]1OC[C@@H](COCCCCCC[n+]2ccccc2)O1. The smallest absolute Gasteiger partial charge is 0.168 e. The molecular formula is C32H58NO3+. The first-order valence-electron chi connectivity index (χ1n) is 15.7. The largest absolute Gasteiger partial charge is 0.379 e. The van der Waals surface area contributed by atoms with Gasteiger partial charge in [-0.15, -0.1) is 0 Å². The highest BCUT2D eigenvalue weighted by atomic mass is 16.7. The van der Waals surface area contributed by atoms with E-state index in [4.69, 9.17) is 14.2 Å². The Hall–Kier alpha value is -0.970. The second-order valence-electron chi connectivity index (χ2n) is 10.9. The van der Waals surface area contributed by atoms with Gasteiger partial charge >= 0.3 is 0 Å². The van der Waals surface area contributed by atoms with Gasteiger partial charge in [-0.3, -0.25) is 0 Å². The van der Waals surface area contributed by atoms with E-state index in [0.29, 0.717) is 13.2 Å². The Labute approximate surface area is 223 Å². The first kappa shape index (κ1) is 31.2. The molecule has 0 spiro atoms. The number of hydrogen-bond acceptors (Lipinski definition) is 3. The average Bonchev–Trinajstić information content (AvgIpc) is 3.36. The summed E-state index contributed by atoms with van der Waals surface area (Å²) < 4.78 is 20.0. The molecule has 2 heterocycles. The quantitative estimate of drug-likeness (QED) is 0.0987. The number of hydrogen-bond donors (Lipinski definition) is 0. The summed E-state index contributed by atoms with van der Waals surface area (Å²) in [6, 6.07) is 6.25. The lowest BCUT2D eigenvalue weighted by Gasteiger charge is -2.12. The van der Waals surface area contributed by atoms with Crippen molar-refractivity contribution < 1.29 is 18.8 Å². The van der Waals surface area contributed by atoms with E-state index in [2.05, 4.69) is 42.1 Å². The second kappa shape index (κ2) is 23.2. The second-order valence-corrected chi connectivity index (χ2v) is 10.9. The fourth-order valence-corrected chi connectivity index (χ4v) is 5.08. The molecule has 1 saturated heterocycles. The van der Waals surface area contributed by atoms with Crippen molar-refractivity contribution in [3.8, 4) is 0 Å². The molecule has 208 valence electrons. The summed E-state index contributed by atoms with van der Waals surface area (Å²) in [6.45, 7) is 5.60. The van der Waals surface area contributed by atoms with E-state index in [-0.39, 0.29) is 12.4 Å². The summed E-state index contributed by atoms with van der Waals surface area (Å²) >= 11 is 0. The van der Waals surface area contributed by atoms with Crippen molar-refractivity contribution in [1.29, 1.82) is 0 Å². The standard InChI is InChI=1S/C32H58NO3/c1-2-3-4-5-6-7-8-9-10-11-12-13-14-15-19-24-32-35-30-31(36-32)29-34-28-23-17-16-20-25-33-26-21-18-22-27-33/h18,21-22,26-27,31-32H,2-17,19-20,23-25,28-30H2,1H3/q+1/t31-,32-/m1/s1. The van der Waals surface area contributed by atoms with E-state index in [1.807, 2.05) is 0 Å². The lowest BCUT2D eigenvalue weighted by molar-refractivity contribution is -0.697. The lowest BCUT2D eigenvalue weighted by atomic mass is 10.0. The summed E-state index contributed by atoms with van der Waals surface area (Å²) in [7, 11) is 0. The third-order valence-electron chi connectivity index (χ3n) is 7.39. The van der Waals surface area contributed by atoms with Gasteiger partial charge in [-0.1, -0.05) is 109 Å². The van der Waals surface area contributed by atoms with Crippen molar-refractivity contribution in [3.05, 3.63) is 30.6 Å². The fourth-order valence-electron chi connectivity index (χ4n) is 5.08. The molecule has 0 aromatic carbocycles. The minimum absolute atomic E-state index is 0.00365. The van der Waals surface area contributed by atoms with Gasteiger partial charge in [-0.2, -0.15) is 0 Å². The molecule has 0 unspecified atom stereocenters. The van der Waals surface area contributed by atoms with Gasteiger partial charge in [0.25, 0.3) is 0 Å². The third-order valence-corrected chi connectivity index (χ3v) is 7.39. The molecule has 0 aliphatic carbocycles. The molecule has 0 radical (unpaired) electrons. The number of ether oxygens (including phenoxy) is 3. The van der Waals surface area contributed by atoms with Crippen molar-refractivity contribution in [3.63, 3.8) is 0 Å². The molecule has 1 fully saturated rings. The van der Waals surface area contributed by atoms with Crippen LogP contribution in [0.3, 0.4) is 0 Å². The number of rotatable bonds is 25. The fraction of sp³-hybridized carbons (Fsp3) is 0.844. The number of nitrogens with zero attached hydrogens (tertiary/aromatic N) is 1. The predicted octanol–water partition coefficient (Wildman–Crippen LogP) is 8.55. The van der Waals surface area contributed by atoms with Crippen LogP contribution in [0.25, 0.3) is 0 Å². The first-order chi connectivity index (χ1) is 17.9. The zero-order chi connectivity index (χ0) is 25.4. The Balaban J connectivity index is 1.26. The maximum atomic E-state index is 6.02. The minimum atomic E-state index is -0.00365. The van der Waals surface area contributed by atoms with Gasteiger partial charge in [-0.25, -0.2) is 4.57 Å². The molecule has 4 nitrogen and oxygen atoms in total. The van der Waals surface area contributed by atoms with Gasteiger partial charge in [0.2, 0.25) is 0 Å². The summed E-state index contributed by atoms with van der Waals surface area (Å²) in [5.41, 5.74) is 0. The van der Waals surface area contributed by atoms with Crippen LogP contribution in [0.2, 0.25) is 0 Å². The van der Waals surface area contributed by atoms with Crippen LogP contribution in [0.4, 0.5) is 0 Å². The summed E-state index contributed by atoms with van der Waals surface area (Å²) in [5.74, 6) is 0. The van der Waals surface area contributed by atoms with E-state index in [1.54, 1.807) is 0 Å². The van der Waals surface area contributed by atoms with E-state index >= 15 is 0 Å². The highest BCUT2D eigenvalue weighted by molar-refractivity contribution is 4.83. The van der Waals surface area contributed by atoms with Crippen LogP contribution >= 0.6 is 0 Å². The lowest BCUT2D eigenvalue weighted by Crippen LogP contribution is -2.32. The Morgan fingerprint density at radius 3 is 1.86 bits per heavy atom. The molecule has 1 aromatic heterocycles. The molecule has 1 aliphatic rings. The molecule has 1 aliphatic heterocycles. The van der Waals surface area contributed by atoms with Crippen LogP contribution in [0.15, 0.2) is 30.6 Å². The van der Waals surface area contributed by atoms with Crippen molar-refractivity contribution in [2.24, 2.45) is 0 Å². The maximum Gasteiger partial charge on any atom is 0.168 e. The first-order valence-corrected chi connectivity index (χ1v) is 15.7. The third kappa shape index (κ3) is 17.5. The van der Waals surface area contributed by atoms with Gasteiger partial charge in [0, 0.05) is 25.2 Å². The van der Waals surface area contributed by atoms with Crippen molar-refractivity contribution in [1.82, 2.24) is 0 Å². The molecular weight excluding hydrogens is 446 g/mol. The molecule has 2 rings (SSSR count). The highest BCUT2D eigenvalue weighted by Crippen LogP contribution is 2.19. The Kier molecular flexibility index (Phi) is 20.1. The number of aryl methyl sites for hydroxylation is 1. The number of aromatic nitrogens is 1. The summed E-state index contributed by atoms with van der Waals surface area (Å²) in [4.78, 5) is 0. The Bertz CT molecular complexity index is 582.